The highest BCUT2D eigenvalue weighted by molar-refractivity contribution is 6.07. The van der Waals surface area contributed by atoms with Crippen LogP contribution in [0.25, 0.3) is 11.0 Å². The molecule has 0 saturated carbocycles. The number of amides is 1. The number of benzene rings is 2. The van der Waals surface area contributed by atoms with Crippen molar-refractivity contribution in [2.24, 2.45) is 5.92 Å². The lowest BCUT2D eigenvalue weighted by atomic mass is 9.89. The highest BCUT2D eigenvalue weighted by Crippen LogP contribution is 2.38. The predicted molar refractivity (Wildman–Crippen MR) is 102 cm³/mol. The SMILES string of the molecule is CCOC(=O)[C@H]1C(=O)Nc2nc3ccccc3n2[C@@H]1c1ccc(CC)cc1. The van der Waals surface area contributed by atoms with Gasteiger partial charge in [0.25, 0.3) is 0 Å². The molecule has 1 amide bonds. The van der Waals surface area contributed by atoms with Gasteiger partial charge >= 0.3 is 5.97 Å². The van der Waals surface area contributed by atoms with Crippen molar-refractivity contribution in [2.75, 3.05) is 11.9 Å². The van der Waals surface area contributed by atoms with E-state index >= 15 is 0 Å². The van der Waals surface area contributed by atoms with Crippen LogP contribution in [0.2, 0.25) is 0 Å². The highest BCUT2D eigenvalue weighted by Gasteiger charge is 2.44. The minimum Gasteiger partial charge on any atom is -0.465 e. The van der Waals surface area contributed by atoms with Crippen molar-refractivity contribution < 1.29 is 14.3 Å². The Labute approximate surface area is 157 Å². The van der Waals surface area contributed by atoms with Crippen LogP contribution in [0.5, 0.6) is 0 Å². The molecule has 0 bridgehead atoms. The molecule has 0 fully saturated rings. The second kappa shape index (κ2) is 6.87. The van der Waals surface area contributed by atoms with Gasteiger partial charge in [0.2, 0.25) is 11.9 Å². The minimum absolute atomic E-state index is 0.224. The fourth-order valence-corrected chi connectivity index (χ4v) is 3.65. The number of anilines is 1. The molecule has 0 unspecified atom stereocenters. The van der Waals surface area contributed by atoms with Crippen molar-refractivity contribution in [1.82, 2.24) is 9.55 Å². The number of carbonyl (C=O) groups excluding carboxylic acids is 2. The van der Waals surface area contributed by atoms with Crippen LogP contribution in [-0.4, -0.2) is 28.0 Å². The number of fused-ring (bicyclic) bond motifs is 3. The van der Waals surface area contributed by atoms with Crippen molar-refractivity contribution in [3.05, 3.63) is 59.7 Å². The number of imidazole rings is 1. The van der Waals surface area contributed by atoms with Gasteiger partial charge < -0.3 is 9.30 Å². The topological polar surface area (TPSA) is 73.2 Å². The van der Waals surface area contributed by atoms with Crippen LogP contribution >= 0.6 is 0 Å². The zero-order valence-corrected chi connectivity index (χ0v) is 15.3. The van der Waals surface area contributed by atoms with Crippen LogP contribution in [-0.2, 0) is 20.7 Å². The molecule has 138 valence electrons. The van der Waals surface area contributed by atoms with E-state index in [0.717, 1.165) is 23.0 Å². The molecule has 6 nitrogen and oxygen atoms in total. The van der Waals surface area contributed by atoms with Crippen LogP contribution in [0.15, 0.2) is 48.5 Å². The lowest BCUT2D eigenvalue weighted by Gasteiger charge is -2.32. The number of ether oxygens (including phenoxy) is 1. The molecule has 3 aromatic rings. The Morgan fingerprint density at radius 3 is 2.59 bits per heavy atom. The van der Waals surface area contributed by atoms with Gasteiger partial charge in [0, 0.05) is 0 Å². The molecule has 1 N–H and O–H groups in total. The summed E-state index contributed by atoms with van der Waals surface area (Å²) >= 11 is 0. The van der Waals surface area contributed by atoms with Crippen LogP contribution in [0.4, 0.5) is 5.95 Å². The summed E-state index contributed by atoms with van der Waals surface area (Å²) in [6.45, 7) is 4.05. The molecule has 0 aliphatic carbocycles. The smallest absolute Gasteiger partial charge is 0.321 e. The van der Waals surface area contributed by atoms with Gasteiger partial charge in [-0.15, -0.1) is 0 Å². The molecule has 0 saturated heterocycles. The van der Waals surface area contributed by atoms with Crippen molar-refractivity contribution >= 4 is 28.9 Å². The van der Waals surface area contributed by atoms with E-state index in [9.17, 15) is 9.59 Å². The third-order valence-electron chi connectivity index (χ3n) is 4.98. The second-order valence-corrected chi connectivity index (χ2v) is 6.55. The zero-order valence-electron chi connectivity index (χ0n) is 15.3. The van der Waals surface area contributed by atoms with Gasteiger partial charge in [-0.2, -0.15) is 0 Å². The number of esters is 1. The summed E-state index contributed by atoms with van der Waals surface area (Å²) in [7, 11) is 0. The molecule has 1 aliphatic rings. The Hall–Kier alpha value is -3.15. The average Bonchev–Trinajstić information content (AvgIpc) is 3.05. The summed E-state index contributed by atoms with van der Waals surface area (Å²) in [6.07, 6.45) is 0.923. The van der Waals surface area contributed by atoms with E-state index in [1.807, 2.05) is 53.1 Å². The lowest BCUT2D eigenvalue weighted by molar-refractivity contribution is -0.152. The normalized spacial score (nSPS) is 18.8. The molecule has 2 atom stereocenters. The first-order valence-electron chi connectivity index (χ1n) is 9.17. The van der Waals surface area contributed by atoms with Crippen LogP contribution < -0.4 is 5.32 Å². The van der Waals surface area contributed by atoms with Crippen molar-refractivity contribution in [1.29, 1.82) is 0 Å². The van der Waals surface area contributed by atoms with Gasteiger partial charge in [0.15, 0.2) is 5.92 Å². The van der Waals surface area contributed by atoms with Gasteiger partial charge in [-0.05, 0) is 36.6 Å². The summed E-state index contributed by atoms with van der Waals surface area (Å²) in [5, 5.41) is 2.77. The van der Waals surface area contributed by atoms with E-state index in [1.165, 1.54) is 5.56 Å². The average molecular weight is 363 g/mol. The monoisotopic (exact) mass is 363 g/mol. The summed E-state index contributed by atoms with van der Waals surface area (Å²) in [6, 6.07) is 15.2. The lowest BCUT2D eigenvalue weighted by Crippen LogP contribution is -2.43. The summed E-state index contributed by atoms with van der Waals surface area (Å²) in [4.78, 5) is 30.0. The molecule has 27 heavy (non-hydrogen) atoms. The number of para-hydroxylation sites is 2. The number of nitrogens with one attached hydrogen (secondary N) is 1. The van der Waals surface area contributed by atoms with Gasteiger partial charge in [0.1, 0.15) is 0 Å². The number of carbonyl (C=O) groups is 2. The van der Waals surface area contributed by atoms with Crippen LogP contribution in [0.3, 0.4) is 0 Å². The fourth-order valence-electron chi connectivity index (χ4n) is 3.65. The summed E-state index contributed by atoms with van der Waals surface area (Å²) in [5.74, 6) is -1.43. The van der Waals surface area contributed by atoms with E-state index in [2.05, 4.69) is 17.2 Å². The van der Waals surface area contributed by atoms with E-state index in [1.54, 1.807) is 6.92 Å². The summed E-state index contributed by atoms with van der Waals surface area (Å²) in [5.41, 5.74) is 3.71. The van der Waals surface area contributed by atoms with Crippen molar-refractivity contribution in [3.8, 4) is 0 Å². The number of aryl methyl sites for hydroxylation is 1. The number of rotatable bonds is 4. The van der Waals surface area contributed by atoms with E-state index in [-0.39, 0.29) is 12.5 Å². The Morgan fingerprint density at radius 2 is 1.89 bits per heavy atom. The van der Waals surface area contributed by atoms with Crippen molar-refractivity contribution in [3.63, 3.8) is 0 Å². The summed E-state index contributed by atoms with van der Waals surface area (Å²) < 4.78 is 7.15. The maximum atomic E-state index is 12.8. The standard InChI is InChI=1S/C21H21N3O3/c1-3-13-9-11-14(12-10-13)18-17(20(26)27-4-2)19(25)23-21-22-15-7-5-6-8-16(15)24(18)21/h5-12,17-18H,3-4H2,1-2H3,(H,22,23,25)/t17-,18-/m1/s1. The van der Waals surface area contributed by atoms with Gasteiger partial charge in [-0.1, -0.05) is 43.3 Å². The van der Waals surface area contributed by atoms with Crippen LogP contribution in [0, 0.1) is 5.92 Å². The number of hydrogen-bond donors (Lipinski definition) is 1. The second-order valence-electron chi connectivity index (χ2n) is 6.55. The minimum atomic E-state index is -0.970. The van der Waals surface area contributed by atoms with E-state index in [0.29, 0.717) is 5.95 Å². The molecular weight excluding hydrogens is 342 g/mol. The molecule has 0 radical (unpaired) electrons. The Morgan fingerprint density at radius 1 is 1.15 bits per heavy atom. The van der Waals surface area contributed by atoms with Gasteiger partial charge in [-0.25, -0.2) is 4.98 Å². The third-order valence-corrected chi connectivity index (χ3v) is 4.98. The van der Waals surface area contributed by atoms with Crippen LogP contribution in [0.1, 0.15) is 31.0 Å². The molecule has 6 heteroatoms. The number of hydrogen-bond acceptors (Lipinski definition) is 4. The maximum Gasteiger partial charge on any atom is 0.321 e. The van der Waals surface area contributed by atoms with Gasteiger partial charge in [-0.3, -0.25) is 14.9 Å². The van der Waals surface area contributed by atoms with E-state index in [4.69, 9.17) is 4.74 Å². The first kappa shape index (κ1) is 17.3. The Balaban J connectivity index is 1.92. The molecule has 0 spiro atoms. The number of nitrogens with zero attached hydrogens (tertiary/aromatic N) is 2. The zero-order chi connectivity index (χ0) is 19.0. The fraction of sp³-hybridized carbons (Fsp3) is 0.286. The molecule has 2 aromatic carbocycles. The van der Waals surface area contributed by atoms with Gasteiger partial charge in [0.05, 0.1) is 23.7 Å². The number of aromatic nitrogens is 2. The Bertz CT molecular complexity index is 1010. The molecule has 4 rings (SSSR count). The Kier molecular flexibility index (Phi) is 4.39. The van der Waals surface area contributed by atoms with E-state index < -0.39 is 17.9 Å². The maximum absolute atomic E-state index is 12.8. The molecular formula is C21H21N3O3. The molecule has 1 aliphatic heterocycles. The first-order valence-corrected chi connectivity index (χ1v) is 9.17. The largest absolute Gasteiger partial charge is 0.465 e. The predicted octanol–water partition coefficient (Wildman–Crippen LogP) is 3.32. The van der Waals surface area contributed by atoms with Crippen molar-refractivity contribution in [2.45, 2.75) is 26.3 Å². The quantitative estimate of drug-likeness (QED) is 0.570. The highest BCUT2D eigenvalue weighted by atomic mass is 16.5. The third kappa shape index (κ3) is 2.87. The molecule has 2 heterocycles. The first-order chi connectivity index (χ1) is 13.1. The molecule has 1 aromatic heterocycles.